The lowest BCUT2D eigenvalue weighted by Gasteiger charge is -2.15. The zero-order chi connectivity index (χ0) is 17.5. The molecular weight excluding hydrogens is 326 g/mol. The highest BCUT2D eigenvalue weighted by molar-refractivity contribution is 6.30. The Balaban J connectivity index is 1.87. The summed E-state index contributed by atoms with van der Waals surface area (Å²) in [7, 11) is 0. The van der Waals surface area contributed by atoms with E-state index in [0.29, 0.717) is 29.0 Å². The van der Waals surface area contributed by atoms with Gasteiger partial charge in [-0.1, -0.05) is 25.4 Å². The predicted octanol–water partition coefficient (Wildman–Crippen LogP) is 4.78. The van der Waals surface area contributed by atoms with Crippen molar-refractivity contribution >= 4 is 23.2 Å². The number of hydrogen-bond acceptors (Lipinski definition) is 3. The number of carbonyl (C=O) groups excluding carboxylic acids is 1. The standard InChI is InChI=1S/C19H22ClNO3/c1-13(2)12-23-17-10-6-16(7-11-17)21-19(22)14(3)24-18-8-4-15(20)5-9-18/h4-11,13-14H,12H2,1-3H3,(H,21,22)/t14-/m0/s1. The summed E-state index contributed by atoms with van der Waals surface area (Å²) < 4.78 is 11.2. The summed E-state index contributed by atoms with van der Waals surface area (Å²) >= 11 is 5.83. The lowest BCUT2D eigenvalue weighted by atomic mass is 10.2. The molecule has 2 rings (SSSR count). The smallest absolute Gasteiger partial charge is 0.265 e. The first kappa shape index (κ1) is 18.1. The van der Waals surface area contributed by atoms with E-state index in [0.717, 1.165) is 5.75 Å². The molecule has 24 heavy (non-hydrogen) atoms. The van der Waals surface area contributed by atoms with Crippen molar-refractivity contribution in [2.24, 2.45) is 5.92 Å². The van der Waals surface area contributed by atoms with E-state index in [9.17, 15) is 4.79 Å². The van der Waals surface area contributed by atoms with Gasteiger partial charge in [-0.25, -0.2) is 0 Å². The number of amides is 1. The molecule has 0 unspecified atom stereocenters. The molecular formula is C19H22ClNO3. The van der Waals surface area contributed by atoms with Crippen LogP contribution in [-0.4, -0.2) is 18.6 Å². The Labute approximate surface area is 147 Å². The van der Waals surface area contributed by atoms with Crippen LogP contribution >= 0.6 is 11.6 Å². The highest BCUT2D eigenvalue weighted by Crippen LogP contribution is 2.19. The van der Waals surface area contributed by atoms with Crippen molar-refractivity contribution in [3.8, 4) is 11.5 Å². The van der Waals surface area contributed by atoms with Gasteiger partial charge in [0.1, 0.15) is 11.5 Å². The van der Waals surface area contributed by atoms with Gasteiger partial charge in [-0.05, 0) is 61.4 Å². The van der Waals surface area contributed by atoms with Gasteiger partial charge in [0, 0.05) is 10.7 Å². The van der Waals surface area contributed by atoms with Gasteiger partial charge in [-0.2, -0.15) is 0 Å². The zero-order valence-electron chi connectivity index (χ0n) is 14.1. The van der Waals surface area contributed by atoms with Crippen LogP contribution < -0.4 is 14.8 Å². The van der Waals surface area contributed by atoms with Crippen LogP contribution in [0.25, 0.3) is 0 Å². The molecule has 2 aromatic rings. The van der Waals surface area contributed by atoms with Crippen molar-refractivity contribution in [2.45, 2.75) is 26.9 Å². The Hall–Kier alpha value is -2.20. The zero-order valence-corrected chi connectivity index (χ0v) is 14.8. The quantitative estimate of drug-likeness (QED) is 0.784. The van der Waals surface area contributed by atoms with E-state index in [4.69, 9.17) is 21.1 Å². The lowest BCUT2D eigenvalue weighted by molar-refractivity contribution is -0.122. The molecule has 2 aromatic carbocycles. The van der Waals surface area contributed by atoms with Crippen LogP contribution in [0.4, 0.5) is 5.69 Å². The minimum Gasteiger partial charge on any atom is -0.493 e. The number of ether oxygens (including phenoxy) is 2. The second-order valence-corrected chi connectivity index (χ2v) is 6.37. The van der Waals surface area contributed by atoms with Gasteiger partial charge in [0.25, 0.3) is 5.91 Å². The molecule has 1 atom stereocenters. The van der Waals surface area contributed by atoms with E-state index >= 15 is 0 Å². The van der Waals surface area contributed by atoms with Crippen molar-refractivity contribution in [3.05, 3.63) is 53.6 Å². The largest absolute Gasteiger partial charge is 0.493 e. The average Bonchev–Trinajstić information content (AvgIpc) is 2.56. The highest BCUT2D eigenvalue weighted by atomic mass is 35.5. The number of nitrogens with one attached hydrogen (secondary N) is 1. The third-order valence-corrected chi connectivity index (χ3v) is 3.45. The van der Waals surface area contributed by atoms with E-state index in [-0.39, 0.29) is 5.91 Å². The molecule has 0 bridgehead atoms. The average molecular weight is 348 g/mol. The molecule has 0 radical (unpaired) electrons. The van der Waals surface area contributed by atoms with Crippen LogP contribution in [0.1, 0.15) is 20.8 Å². The molecule has 0 spiro atoms. The Morgan fingerprint density at radius 2 is 1.58 bits per heavy atom. The molecule has 0 saturated carbocycles. The number of carbonyl (C=O) groups is 1. The van der Waals surface area contributed by atoms with E-state index < -0.39 is 6.10 Å². The first-order valence-electron chi connectivity index (χ1n) is 7.90. The molecule has 1 amide bonds. The summed E-state index contributed by atoms with van der Waals surface area (Å²) in [5, 5.41) is 3.44. The Bertz CT molecular complexity index is 653. The molecule has 4 nitrogen and oxygen atoms in total. The van der Waals surface area contributed by atoms with Crippen molar-refractivity contribution in [1.82, 2.24) is 0 Å². The first-order chi connectivity index (χ1) is 11.4. The normalized spacial score (nSPS) is 11.9. The number of benzene rings is 2. The maximum Gasteiger partial charge on any atom is 0.265 e. The third kappa shape index (κ3) is 5.78. The maximum atomic E-state index is 12.2. The maximum absolute atomic E-state index is 12.2. The van der Waals surface area contributed by atoms with E-state index in [1.54, 1.807) is 31.2 Å². The van der Waals surface area contributed by atoms with Gasteiger partial charge in [-0.15, -0.1) is 0 Å². The van der Waals surface area contributed by atoms with Gasteiger partial charge in [0.05, 0.1) is 6.61 Å². The molecule has 5 heteroatoms. The Kier molecular flexibility index (Phi) is 6.50. The van der Waals surface area contributed by atoms with E-state index in [2.05, 4.69) is 19.2 Å². The molecule has 0 fully saturated rings. The number of hydrogen-bond donors (Lipinski definition) is 1. The molecule has 0 saturated heterocycles. The topological polar surface area (TPSA) is 47.6 Å². The van der Waals surface area contributed by atoms with Crippen LogP contribution in [0.3, 0.4) is 0 Å². The van der Waals surface area contributed by atoms with E-state index in [1.807, 2.05) is 24.3 Å². The van der Waals surface area contributed by atoms with Crippen LogP contribution in [0.2, 0.25) is 5.02 Å². The molecule has 0 heterocycles. The fourth-order valence-corrected chi connectivity index (χ4v) is 2.04. The van der Waals surface area contributed by atoms with Crippen molar-refractivity contribution in [2.75, 3.05) is 11.9 Å². The van der Waals surface area contributed by atoms with Crippen molar-refractivity contribution < 1.29 is 14.3 Å². The van der Waals surface area contributed by atoms with Gasteiger partial charge < -0.3 is 14.8 Å². The van der Waals surface area contributed by atoms with Crippen LogP contribution in [0, 0.1) is 5.92 Å². The summed E-state index contributed by atoms with van der Waals surface area (Å²) in [6.45, 7) is 6.55. The first-order valence-corrected chi connectivity index (χ1v) is 8.28. The van der Waals surface area contributed by atoms with Crippen molar-refractivity contribution in [3.63, 3.8) is 0 Å². The highest BCUT2D eigenvalue weighted by Gasteiger charge is 2.15. The summed E-state index contributed by atoms with van der Waals surface area (Å²) in [5.74, 6) is 1.63. The second kappa shape index (κ2) is 8.60. The molecule has 0 aliphatic heterocycles. The van der Waals surface area contributed by atoms with Crippen LogP contribution in [-0.2, 0) is 4.79 Å². The summed E-state index contributed by atoms with van der Waals surface area (Å²) in [6, 6.07) is 14.2. The molecule has 0 aliphatic rings. The monoisotopic (exact) mass is 347 g/mol. The predicted molar refractivity (Wildman–Crippen MR) is 96.9 cm³/mol. The minimum absolute atomic E-state index is 0.221. The van der Waals surface area contributed by atoms with Gasteiger partial charge in [0.15, 0.2) is 6.10 Å². The summed E-state index contributed by atoms with van der Waals surface area (Å²) in [5.41, 5.74) is 0.698. The molecule has 128 valence electrons. The van der Waals surface area contributed by atoms with E-state index in [1.165, 1.54) is 0 Å². The Morgan fingerprint density at radius 1 is 1.00 bits per heavy atom. The summed E-state index contributed by atoms with van der Waals surface area (Å²) in [4.78, 5) is 12.2. The fourth-order valence-electron chi connectivity index (χ4n) is 1.91. The lowest BCUT2D eigenvalue weighted by Crippen LogP contribution is -2.30. The molecule has 1 N–H and O–H groups in total. The second-order valence-electron chi connectivity index (χ2n) is 5.93. The molecule has 0 aromatic heterocycles. The number of rotatable bonds is 7. The van der Waals surface area contributed by atoms with Gasteiger partial charge >= 0.3 is 0 Å². The van der Waals surface area contributed by atoms with Crippen LogP contribution in [0.5, 0.6) is 11.5 Å². The molecule has 0 aliphatic carbocycles. The third-order valence-electron chi connectivity index (χ3n) is 3.20. The van der Waals surface area contributed by atoms with Crippen LogP contribution in [0.15, 0.2) is 48.5 Å². The minimum atomic E-state index is -0.622. The van der Waals surface area contributed by atoms with Gasteiger partial charge in [-0.3, -0.25) is 4.79 Å². The van der Waals surface area contributed by atoms with Gasteiger partial charge in [0.2, 0.25) is 0 Å². The Morgan fingerprint density at radius 3 is 2.17 bits per heavy atom. The fraction of sp³-hybridized carbons (Fsp3) is 0.316. The van der Waals surface area contributed by atoms with Crippen molar-refractivity contribution in [1.29, 1.82) is 0 Å². The SMILES string of the molecule is CC(C)COc1ccc(NC(=O)[C@H](C)Oc2ccc(Cl)cc2)cc1. The number of anilines is 1. The number of halogens is 1. The summed E-state index contributed by atoms with van der Waals surface area (Å²) in [6.07, 6.45) is -0.622.